The number of amides is 2. The van der Waals surface area contributed by atoms with Crippen molar-refractivity contribution in [2.24, 2.45) is 5.10 Å². The molecule has 8 heteroatoms. The molecule has 1 fully saturated rings. The largest absolute Gasteiger partial charge is 0.379 e. The zero-order valence-corrected chi connectivity index (χ0v) is 14.0. The van der Waals surface area contributed by atoms with Gasteiger partial charge in [-0.25, -0.2) is 5.43 Å². The summed E-state index contributed by atoms with van der Waals surface area (Å²) in [6, 6.07) is 3.87. The zero-order valence-electron chi connectivity index (χ0n) is 13.2. The number of thiophene rings is 1. The number of rotatable bonds is 6. The number of nitrogens with zero attached hydrogens (tertiary/aromatic N) is 2. The molecular weight excluding hydrogens is 316 g/mol. The Morgan fingerprint density at radius 3 is 2.83 bits per heavy atom. The number of hydrogen-bond donors (Lipinski definition) is 2. The van der Waals surface area contributed by atoms with Gasteiger partial charge in [0.05, 0.1) is 19.4 Å². The van der Waals surface area contributed by atoms with Gasteiger partial charge in [-0.3, -0.25) is 14.5 Å². The van der Waals surface area contributed by atoms with E-state index in [-0.39, 0.29) is 0 Å². The molecule has 1 aliphatic heterocycles. The molecule has 1 aromatic heterocycles. The Kier molecular flexibility index (Phi) is 7.18. The van der Waals surface area contributed by atoms with Gasteiger partial charge in [-0.05, 0) is 32.0 Å². The summed E-state index contributed by atoms with van der Waals surface area (Å²) >= 11 is 1.56. The first kappa shape index (κ1) is 17.6. The van der Waals surface area contributed by atoms with Gasteiger partial charge < -0.3 is 10.1 Å². The van der Waals surface area contributed by atoms with E-state index in [1.165, 1.54) is 6.21 Å². The molecule has 1 aromatic rings. The van der Waals surface area contributed by atoms with Gasteiger partial charge in [0, 0.05) is 29.4 Å². The fourth-order valence-corrected chi connectivity index (χ4v) is 2.89. The third-order valence-electron chi connectivity index (χ3n) is 3.37. The SMILES string of the molecule is Cc1ccc(/C=N\NC(=O)C(=O)NCCCN2CCOCC2)s1. The van der Waals surface area contributed by atoms with E-state index in [4.69, 9.17) is 4.74 Å². The van der Waals surface area contributed by atoms with Gasteiger partial charge in [-0.1, -0.05) is 0 Å². The van der Waals surface area contributed by atoms with Crippen LogP contribution in [0, 0.1) is 6.92 Å². The minimum atomic E-state index is -0.749. The maximum Gasteiger partial charge on any atom is 0.329 e. The first-order chi connectivity index (χ1) is 11.1. The Hall–Kier alpha value is -1.77. The number of morpholine rings is 1. The van der Waals surface area contributed by atoms with Crippen molar-refractivity contribution in [2.45, 2.75) is 13.3 Å². The number of carbonyl (C=O) groups excluding carboxylic acids is 2. The number of carbonyl (C=O) groups is 2. The summed E-state index contributed by atoms with van der Waals surface area (Å²) in [5.41, 5.74) is 2.23. The number of aryl methyl sites for hydroxylation is 1. The van der Waals surface area contributed by atoms with E-state index in [2.05, 4.69) is 20.7 Å². The fraction of sp³-hybridized carbons (Fsp3) is 0.533. The average molecular weight is 338 g/mol. The predicted molar refractivity (Wildman–Crippen MR) is 89.7 cm³/mol. The predicted octanol–water partition coefficient (Wildman–Crippen LogP) is 0.345. The molecule has 7 nitrogen and oxygen atoms in total. The molecule has 0 bridgehead atoms. The molecule has 0 atom stereocenters. The van der Waals surface area contributed by atoms with Gasteiger partial charge in [-0.15, -0.1) is 11.3 Å². The van der Waals surface area contributed by atoms with Gasteiger partial charge in [0.2, 0.25) is 0 Å². The summed E-state index contributed by atoms with van der Waals surface area (Å²) in [5, 5.41) is 6.38. The van der Waals surface area contributed by atoms with Crippen molar-refractivity contribution >= 4 is 29.4 Å². The summed E-state index contributed by atoms with van der Waals surface area (Å²) in [6.07, 6.45) is 2.33. The number of hydrogen-bond acceptors (Lipinski definition) is 6. The van der Waals surface area contributed by atoms with Crippen molar-refractivity contribution in [3.63, 3.8) is 0 Å². The highest BCUT2D eigenvalue weighted by molar-refractivity contribution is 7.13. The molecule has 0 saturated carbocycles. The molecule has 23 heavy (non-hydrogen) atoms. The quantitative estimate of drug-likeness (QED) is 0.339. The van der Waals surface area contributed by atoms with Gasteiger partial charge in [0.1, 0.15) is 0 Å². The molecule has 2 amide bonds. The maximum atomic E-state index is 11.6. The Labute approximate surface area is 139 Å². The van der Waals surface area contributed by atoms with Crippen LogP contribution in [0.4, 0.5) is 0 Å². The summed E-state index contributed by atoms with van der Waals surface area (Å²) in [5.74, 6) is -1.41. The van der Waals surface area contributed by atoms with Crippen LogP contribution in [-0.2, 0) is 14.3 Å². The second-order valence-electron chi connectivity index (χ2n) is 5.21. The Morgan fingerprint density at radius 2 is 2.13 bits per heavy atom. The molecule has 0 spiro atoms. The monoisotopic (exact) mass is 338 g/mol. The van der Waals surface area contributed by atoms with Crippen LogP contribution < -0.4 is 10.7 Å². The van der Waals surface area contributed by atoms with Crippen LogP contribution in [0.1, 0.15) is 16.2 Å². The standard InChI is InChI=1S/C15H22N4O3S/c1-12-3-4-13(23-12)11-17-18-15(21)14(20)16-5-2-6-19-7-9-22-10-8-19/h3-4,11H,2,5-10H2,1H3,(H,16,20)(H,18,21)/b17-11-. The minimum absolute atomic E-state index is 0.470. The van der Waals surface area contributed by atoms with E-state index >= 15 is 0 Å². The number of hydrazone groups is 1. The summed E-state index contributed by atoms with van der Waals surface area (Å²) < 4.78 is 5.27. The van der Waals surface area contributed by atoms with E-state index in [1.807, 2.05) is 19.1 Å². The molecule has 0 unspecified atom stereocenters. The Balaban J connectivity index is 1.59. The highest BCUT2D eigenvalue weighted by Crippen LogP contribution is 2.12. The highest BCUT2D eigenvalue weighted by Gasteiger charge is 2.13. The molecule has 1 saturated heterocycles. The molecule has 2 rings (SSSR count). The van der Waals surface area contributed by atoms with Gasteiger partial charge >= 0.3 is 11.8 Å². The van der Waals surface area contributed by atoms with Gasteiger partial charge in [0.15, 0.2) is 0 Å². The van der Waals surface area contributed by atoms with Crippen molar-refractivity contribution in [1.82, 2.24) is 15.6 Å². The summed E-state index contributed by atoms with van der Waals surface area (Å²) in [4.78, 5) is 27.6. The second-order valence-corrected chi connectivity index (χ2v) is 6.53. The molecule has 0 radical (unpaired) electrons. The molecule has 0 aliphatic carbocycles. The topological polar surface area (TPSA) is 83.0 Å². The fourth-order valence-electron chi connectivity index (χ4n) is 2.14. The molecule has 126 valence electrons. The summed E-state index contributed by atoms with van der Waals surface area (Å²) in [6.45, 7) is 6.72. The first-order valence-corrected chi connectivity index (χ1v) is 8.44. The molecule has 2 heterocycles. The molecule has 0 aromatic carbocycles. The van der Waals surface area contributed by atoms with Gasteiger partial charge in [-0.2, -0.15) is 5.10 Å². The lowest BCUT2D eigenvalue weighted by atomic mass is 10.3. The van der Waals surface area contributed by atoms with Crippen molar-refractivity contribution in [3.05, 3.63) is 21.9 Å². The lowest BCUT2D eigenvalue weighted by molar-refractivity contribution is -0.139. The first-order valence-electron chi connectivity index (χ1n) is 7.63. The van der Waals surface area contributed by atoms with E-state index in [9.17, 15) is 9.59 Å². The van der Waals surface area contributed by atoms with Crippen LogP contribution in [0.25, 0.3) is 0 Å². The van der Waals surface area contributed by atoms with Crippen LogP contribution in [0.15, 0.2) is 17.2 Å². The van der Waals surface area contributed by atoms with Crippen molar-refractivity contribution < 1.29 is 14.3 Å². The van der Waals surface area contributed by atoms with Crippen LogP contribution >= 0.6 is 11.3 Å². The lowest BCUT2D eigenvalue weighted by Crippen LogP contribution is -2.40. The summed E-state index contributed by atoms with van der Waals surface area (Å²) in [7, 11) is 0. The Morgan fingerprint density at radius 1 is 1.35 bits per heavy atom. The molecular formula is C15H22N4O3S. The van der Waals surface area contributed by atoms with Gasteiger partial charge in [0.25, 0.3) is 0 Å². The average Bonchev–Trinajstić information content (AvgIpc) is 2.97. The smallest absolute Gasteiger partial charge is 0.329 e. The molecule has 1 aliphatic rings. The minimum Gasteiger partial charge on any atom is -0.379 e. The van der Waals surface area contributed by atoms with Crippen molar-refractivity contribution in [3.8, 4) is 0 Å². The van der Waals surface area contributed by atoms with Crippen LogP contribution in [0.2, 0.25) is 0 Å². The molecule has 2 N–H and O–H groups in total. The van der Waals surface area contributed by atoms with E-state index in [0.717, 1.165) is 49.0 Å². The van der Waals surface area contributed by atoms with E-state index in [1.54, 1.807) is 11.3 Å². The van der Waals surface area contributed by atoms with Crippen LogP contribution in [-0.4, -0.2) is 62.3 Å². The second kappa shape index (κ2) is 9.39. The third-order valence-corrected chi connectivity index (χ3v) is 4.30. The number of nitrogens with one attached hydrogen (secondary N) is 2. The number of ether oxygens (including phenoxy) is 1. The Bertz CT molecular complexity index is 553. The van der Waals surface area contributed by atoms with E-state index in [0.29, 0.717) is 6.54 Å². The van der Waals surface area contributed by atoms with Crippen molar-refractivity contribution in [2.75, 3.05) is 39.4 Å². The zero-order chi connectivity index (χ0) is 16.5. The third kappa shape index (κ3) is 6.47. The highest BCUT2D eigenvalue weighted by atomic mass is 32.1. The lowest BCUT2D eigenvalue weighted by Gasteiger charge is -2.26. The maximum absolute atomic E-state index is 11.6. The van der Waals surface area contributed by atoms with Crippen LogP contribution in [0.3, 0.4) is 0 Å². The van der Waals surface area contributed by atoms with Crippen LogP contribution in [0.5, 0.6) is 0 Å². The normalized spacial score (nSPS) is 15.7. The van der Waals surface area contributed by atoms with E-state index < -0.39 is 11.8 Å². The van der Waals surface area contributed by atoms with Crippen molar-refractivity contribution in [1.29, 1.82) is 0 Å².